The Balaban J connectivity index is 4.03. The predicted octanol–water partition coefficient (Wildman–Crippen LogP) is 1.67. The van der Waals surface area contributed by atoms with Crippen LogP contribution in [0.25, 0.3) is 0 Å². The molecule has 1 N–H and O–H groups in total. The Bertz CT molecular complexity index is 204. The lowest BCUT2D eigenvalue weighted by atomic mass is 10.3. The number of carbonyl (C=O) groups is 1. The summed E-state index contributed by atoms with van der Waals surface area (Å²) in [5, 5.41) is 8.19. The number of hydrogen-bond acceptors (Lipinski definition) is 1. The maximum atomic E-state index is 11.8. The van der Waals surface area contributed by atoms with E-state index in [2.05, 4.69) is 13.2 Å². The molecule has 3 heteroatoms. The first-order chi connectivity index (χ1) is 4.54. The normalized spacial score (nSPS) is 9.70. The lowest BCUT2D eigenvalue weighted by Gasteiger charge is -1.86. The third kappa shape index (κ3) is 3.60. The van der Waals surface area contributed by atoms with Crippen molar-refractivity contribution in [3.8, 4) is 0 Å². The van der Waals surface area contributed by atoms with Crippen LogP contribution >= 0.6 is 0 Å². The van der Waals surface area contributed by atoms with E-state index in [4.69, 9.17) is 5.11 Å². The first kappa shape index (κ1) is 8.62. The van der Waals surface area contributed by atoms with Crippen molar-refractivity contribution in [2.75, 3.05) is 0 Å². The molecule has 0 aliphatic rings. The molecule has 2 nitrogen and oxygen atoms in total. The lowest BCUT2D eigenvalue weighted by molar-refractivity contribution is -0.132. The zero-order chi connectivity index (χ0) is 8.15. The summed E-state index contributed by atoms with van der Waals surface area (Å²) in [6, 6.07) is 0. The minimum atomic E-state index is -1.17. The summed E-state index contributed by atoms with van der Waals surface area (Å²) in [6.45, 7) is 6.03. The zero-order valence-electron chi connectivity index (χ0n) is 5.30. The molecule has 0 bridgehead atoms. The fourth-order valence-corrected chi connectivity index (χ4v) is 0.262. The highest BCUT2D eigenvalue weighted by Gasteiger charge is 1.96. The minimum absolute atomic E-state index is 0.168. The summed E-state index contributed by atoms with van der Waals surface area (Å²) in [4.78, 5) is 10.0. The second-order valence-electron chi connectivity index (χ2n) is 1.61. The summed E-state index contributed by atoms with van der Waals surface area (Å²) < 4.78 is 11.8. The number of halogens is 1. The summed E-state index contributed by atoms with van der Waals surface area (Å²) in [5.74, 6) is -1.86. The Labute approximate surface area is 58.0 Å². The highest BCUT2D eigenvalue weighted by molar-refractivity contribution is 5.89. The molecule has 0 amide bonds. The van der Waals surface area contributed by atoms with Gasteiger partial charge in [0, 0.05) is 0 Å². The molecule has 0 aliphatic carbocycles. The van der Waals surface area contributed by atoms with Gasteiger partial charge in [0.15, 0.2) is 0 Å². The third-order valence-electron chi connectivity index (χ3n) is 0.740. The molecular formula is C7H7FO2. The van der Waals surface area contributed by atoms with Crippen molar-refractivity contribution in [1.82, 2.24) is 0 Å². The molecular weight excluding hydrogens is 135 g/mol. The first-order valence-electron chi connectivity index (χ1n) is 2.48. The van der Waals surface area contributed by atoms with E-state index in [0.717, 1.165) is 12.2 Å². The van der Waals surface area contributed by atoms with Gasteiger partial charge in [-0.3, -0.25) is 0 Å². The second-order valence-corrected chi connectivity index (χ2v) is 1.61. The molecule has 0 saturated carbocycles. The van der Waals surface area contributed by atoms with Gasteiger partial charge in [-0.2, -0.15) is 0 Å². The van der Waals surface area contributed by atoms with Crippen molar-refractivity contribution in [3.63, 3.8) is 0 Å². The van der Waals surface area contributed by atoms with Crippen LogP contribution in [0, 0.1) is 0 Å². The molecule has 0 aliphatic heterocycles. The fourth-order valence-electron chi connectivity index (χ4n) is 0.262. The Morgan fingerprint density at radius 2 is 1.90 bits per heavy atom. The van der Waals surface area contributed by atoms with Crippen molar-refractivity contribution >= 4 is 5.97 Å². The minimum Gasteiger partial charge on any atom is -0.478 e. The van der Waals surface area contributed by atoms with Crippen molar-refractivity contribution < 1.29 is 14.3 Å². The number of rotatable bonds is 3. The standard InChI is InChI=1S/C7H7FO2/c1-5(7(9)10)3-4-6(2)8/h3-4H,1-2H2,(H,9,10)/b4-3-. The van der Waals surface area contributed by atoms with Crippen molar-refractivity contribution in [3.05, 3.63) is 36.7 Å². The van der Waals surface area contributed by atoms with Gasteiger partial charge in [-0.05, 0) is 12.2 Å². The molecule has 0 saturated heterocycles. The lowest BCUT2D eigenvalue weighted by Crippen LogP contribution is -1.94. The van der Waals surface area contributed by atoms with E-state index in [1.54, 1.807) is 0 Å². The SMILES string of the molecule is C=C(F)/C=C\C(=C)C(=O)O. The van der Waals surface area contributed by atoms with Gasteiger partial charge in [-0.25, -0.2) is 9.18 Å². The Kier molecular flexibility index (Phi) is 3.11. The molecule has 0 fully saturated rings. The molecule has 0 rings (SSSR count). The summed E-state index contributed by atoms with van der Waals surface area (Å²) in [5.41, 5.74) is -0.168. The van der Waals surface area contributed by atoms with Crippen LogP contribution in [0.5, 0.6) is 0 Å². The van der Waals surface area contributed by atoms with Crippen LogP contribution in [0.15, 0.2) is 36.7 Å². The molecule has 0 aromatic rings. The molecule has 0 atom stereocenters. The van der Waals surface area contributed by atoms with E-state index < -0.39 is 11.8 Å². The van der Waals surface area contributed by atoms with Crippen molar-refractivity contribution in [2.45, 2.75) is 0 Å². The average Bonchev–Trinajstić information content (AvgIpc) is 1.82. The van der Waals surface area contributed by atoms with Crippen LogP contribution in [0.2, 0.25) is 0 Å². The molecule has 0 spiro atoms. The van der Waals surface area contributed by atoms with E-state index in [1.807, 2.05) is 0 Å². The second kappa shape index (κ2) is 3.61. The van der Waals surface area contributed by atoms with E-state index in [-0.39, 0.29) is 5.57 Å². The van der Waals surface area contributed by atoms with Gasteiger partial charge in [-0.15, -0.1) is 0 Å². The monoisotopic (exact) mass is 142 g/mol. The number of carboxylic acid groups (broad SMARTS) is 1. The smallest absolute Gasteiger partial charge is 0.335 e. The first-order valence-corrected chi connectivity index (χ1v) is 2.48. The maximum absolute atomic E-state index is 11.8. The van der Waals surface area contributed by atoms with Crippen LogP contribution in [0.3, 0.4) is 0 Å². The van der Waals surface area contributed by atoms with Crippen molar-refractivity contribution in [1.29, 1.82) is 0 Å². The van der Waals surface area contributed by atoms with Gasteiger partial charge in [-0.1, -0.05) is 13.2 Å². The Hall–Kier alpha value is -1.38. The summed E-state index contributed by atoms with van der Waals surface area (Å²) in [7, 11) is 0. The van der Waals surface area contributed by atoms with E-state index in [1.165, 1.54) is 0 Å². The molecule has 0 heterocycles. The maximum Gasteiger partial charge on any atom is 0.335 e. The number of allylic oxidation sites excluding steroid dienone is 2. The van der Waals surface area contributed by atoms with Crippen LogP contribution in [0.4, 0.5) is 4.39 Å². The molecule has 0 unspecified atom stereocenters. The van der Waals surface area contributed by atoms with Crippen LogP contribution in [-0.4, -0.2) is 11.1 Å². The quantitative estimate of drug-likeness (QED) is 0.480. The summed E-state index contributed by atoms with van der Waals surface area (Å²) >= 11 is 0. The van der Waals surface area contributed by atoms with Gasteiger partial charge in [0.2, 0.25) is 0 Å². The highest BCUT2D eigenvalue weighted by Crippen LogP contribution is 1.98. The Morgan fingerprint density at radius 3 is 2.20 bits per heavy atom. The number of aliphatic carboxylic acids is 1. The predicted molar refractivity (Wildman–Crippen MR) is 36.2 cm³/mol. The summed E-state index contributed by atoms with van der Waals surface area (Å²) in [6.07, 6.45) is 1.99. The molecule has 10 heavy (non-hydrogen) atoms. The van der Waals surface area contributed by atoms with Gasteiger partial charge in [0.25, 0.3) is 0 Å². The van der Waals surface area contributed by atoms with E-state index in [9.17, 15) is 9.18 Å². The molecule has 0 aromatic carbocycles. The largest absolute Gasteiger partial charge is 0.478 e. The third-order valence-corrected chi connectivity index (χ3v) is 0.740. The number of carboxylic acids is 1. The molecule has 54 valence electrons. The van der Waals surface area contributed by atoms with E-state index >= 15 is 0 Å². The molecule has 0 radical (unpaired) electrons. The fraction of sp³-hybridized carbons (Fsp3) is 0. The number of hydrogen-bond donors (Lipinski definition) is 1. The van der Waals surface area contributed by atoms with E-state index in [0.29, 0.717) is 0 Å². The molecule has 0 aromatic heterocycles. The van der Waals surface area contributed by atoms with Gasteiger partial charge in [0.1, 0.15) is 5.83 Å². The van der Waals surface area contributed by atoms with Crippen LogP contribution < -0.4 is 0 Å². The zero-order valence-corrected chi connectivity index (χ0v) is 5.30. The van der Waals surface area contributed by atoms with Gasteiger partial charge >= 0.3 is 5.97 Å². The average molecular weight is 142 g/mol. The highest BCUT2D eigenvalue weighted by atomic mass is 19.1. The topological polar surface area (TPSA) is 37.3 Å². The van der Waals surface area contributed by atoms with Crippen molar-refractivity contribution in [2.24, 2.45) is 0 Å². The Morgan fingerprint density at radius 1 is 1.40 bits per heavy atom. The van der Waals surface area contributed by atoms with Crippen LogP contribution in [-0.2, 0) is 4.79 Å². The van der Waals surface area contributed by atoms with Gasteiger partial charge < -0.3 is 5.11 Å². The van der Waals surface area contributed by atoms with Gasteiger partial charge in [0.05, 0.1) is 5.57 Å². The van der Waals surface area contributed by atoms with Crippen LogP contribution in [0.1, 0.15) is 0 Å².